The number of amides is 1. The Morgan fingerprint density at radius 2 is 2.19 bits per heavy atom. The zero-order chi connectivity index (χ0) is 12.0. The van der Waals surface area contributed by atoms with Crippen LogP contribution in [0.3, 0.4) is 0 Å². The second-order valence-corrected chi connectivity index (χ2v) is 5.10. The fourth-order valence-corrected chi connectivity index (χ4v) is 1.94. The molecule has 1 N–H and O–H groups in total. The second-order valence-electron chi connectivity index (χ2n) is 5.10. The predicted octanol–water partition coefficient (Wildman–Crippen LogP) is 0.0116. The molecule has 0 aliphatic carbocycles. The number of β-amino-alcohol motifs (C(OH)–C–C–N with tert-alkyl or cyclic N) is 1. The van der Waals surface area contributed by atoms with Gasteiger partial charge in [0.1, 0.15) is 5.54 Å². The molecule has 1 radical (unpaired) electrons. The minimum Gasteiger partial charge on any atom is -0.386 e. The van der Waals surface area contributed by atoms with E-state index in [1.165, 1.54) is 6.20 Å². The van der Waals surface area contributed by atoms with Gasteiger partial charge in [0.15, 0.2) is 0 Å². The molecule has 1 fully saturated rings. The van der Waals surface area contributed by atoms with Crippen LogP contribution in [0.4, 0.5) is 0 Å². The second kappa shape index (κ2) is 3.31. The van der Waals surface area contributed by atoms with E-state index in [-0.39, 0.29) is 5.91 Å². The summed E-state index contributed by atoms with van der Waals surface area (Å²) in [5.74, 6) is -0.0314. The summed E-state index contributed by atoms with van der Waals surface area (Å²) in [5, 5.41) is 13.6. The predicted molar refractivity (Wildman–Crippen MR) is 57.6 cm³/mol. The van der Waals surface area contributed by atoms with Crippen LogP contribution in [0.1, 0.15) is 20.8 Å². The van der Waals surface area contributed by atoms with Crippen LogP contribution in [-0.2, 0) is 10.3 Å². The largest absolute Gasteiger partial charge is 0.386 e. The van der Waals surface area contributed by atoms with E-state index in [0.717, 1.165) is 0 Å². The Balaban J connectivity index is 2.11. The molecular formula is C11H16N3O2. The highest BCUT2D eigenvalue weighted by Crippen LogP contribution is 2.26. The van der Waals surface area contributed by atoms with Gasteiger partial charge >= 0.3 is 0 Å². The van der Waals surface area contributed by atoms with Crippen molar-refractivity contribution >= 4 is 5.91 Å². The normalized spacial score (nSPS) is 19.4. The lowest BCUT2D eigenvalue weighted by Crippen LogP contribution is -2.65. The van der Waals surface area contributed by atoms with Gasteiger partial charge in [-0.25, -0.2) is 0 Å². The molecule has 16 heavy (non-hydrogen) atoms. The van der Waals surface area contributed by atoms with Crippen molar-refractivity contribution in [1.82, 2.24) is 14.7 Å². The van der Waals surface area contributed by atoms with Crippen molar-refractivity contribution in [2.45, 2.75) is 31.9 Å². The molecule has 5 nitrogen and oxygen atoms in total. The van der Waals surface area contributed by atoms with Gasteiger partial charge in [0.2, 0.25) is 5.91 Å². The first kappa shape index (κ1) is 11.1. The van der Waals surface area contributed by atoms with Gasteiger partial charge in [-0.15, -0.1) is 0 Å². The Labute approximate surface area is 94.7 Å². The number of aliphatic hydroxyl groups is 1. The highest BCUT2D eigenvalue weighted by molar-refractivity contribution is 5.84. The Morgan fingerprint density at radius 3 is 2.62 bits per heavy atom. The van der Waals surface area contributed by atoms with Crippen LogP contribution in [0, 0.1) is 6.07 Å². The van der Waals surface area contributed by atoms with E-state index in [1.54, 1.807) is 22.7 Å². The molecule has 1 aliphatic heterocycles. The van der Waals surface area contributed by atoms with Gasteiger partial charge in [0.25, 0.3) is 0 Å². The summed E-state index contributed by atoms with van der Waals surface area (Å²) in [7, 11) is 0. The minimum atomic E-state index is -0.734. The first-order valence-corrected chi connectivity index (χ1v) is 5.26. The highest BCUT2D eigenvalue weighted by Gasteiger charge is 2.45. The zero-order valence-electron chi connectivity index (χ0n) is 9.77. The monoisotopic (exact) mass is 222 g/mol. The van der Waals surface area contributed by atoms with Crippen LogP contribution < -0.4 is 0 Å². The standard InChI is InChI=1S/C11H16N3O2/c1-10(2,14-6-4-5-12-14)9(15)13-7-11(3,16)8-13/h5-6,16H,7-8H2,1-3H3. The Bertz CT molecular complexity index is 387. The lowest BCUT2D eigenvalue weighted by Gasteiger charge is -2.46. The van der Waals surface area contributed by atoms with Crippen molar-refractivity contribution in [3.8, 4) is 0 Å². The van der Waals surface area contributed by atoms with Crippen molar-refractivity contribution in [3.63, 3.8) is 0 Å². The molecule has 1 aromatic rings. The summed E-state index contributed by atoms with van der Waals surface area (Å²) in [6.45, 7) is 6.12. The third-order valence-electron chi connectivity index (χ3n) is 2.90. The molecule has 87 valence electrons. The fraction of sp³-hybridized carbons (Fsp3) is 0.636. The third-order valence-corrected chi connectivity index (χ3v) is 2.90. The van der Waals surface area contributed by atoms with E-state index in [9.17, 15) is 9.90 Å². The summed E-state index contributed by atoms with van der Waals surface area (Å²) in [6, 6.07) is 2.81. The highest BCUT2D eigenvalue weighted by atomic mass is 16.3. The number of carbonyl (C=O) groups is 1. The molecule has 1 aliphatic rings. The SMILES string of the molecule is CC1(O)CN(C(=O)C(C)(C)n2c[c]cn2)C1. The van der Waals surface area contributed by atoms with Gasteiger partial charge in [-0.05, 0) is 20.8 Å². The fourth-order valence-electron chi connectivity index (χ4n) is 1.94. The topological polar surface area (TPSA) is 58.4 Å². The van der Waals surface area contributed by atoms with Crippen LogP contribution in [0.5, 0.6) is 0 Å². The Hall–Kier alpha value is -1.36. The van der Waals surface area contributed by atoms with Gasteiger partial charge in [-0.2, -0.15) is 5.10 Å². The first-order valence-electron chi connectivity index (χ1n) is 5.26. The van der Waals surface area contributed by atoms with Crippen molar-refractivity contribution < 1.29 is 9.90 Å². The third kappa shape index (κ3) is 1.71. The van der Waals surface area contributed by atoms with Crippen molar-refractivity contribution in [3.05, 3.63) is 18.5 Å². The molecular weight excluding hydrogens is 206 g/mol. The van der Waals surface area contributed by atoms with E-state index in [2.05, 4.69) is 11.2 Å². The smallest absolute Gasteiger partial charge is 0.250 e. The molecule has 0 saturated carbocycles. The van der Waals surface area contributed by atoms with Crippen LogP contribution >= 0.6 is 0 Å². The number of hydrogen-bond donors (Lipinski definition) is 1. The molecule has 0 bridgehead atoms. The molecule has 2 rings (SSSR count). The average Bonchev–Trinajstić information content (AvgIpc) is 2.65. The van der Waals surface area contributed by atoms with E-state index >= 15 is 0 Å². The Kier molecular flexibility index (Phi) is 2.31. The summed E-state index contributed by atoms with van der Waals surface area (Å²) >= 11 is 0. The maximum atomic E-state index is 12.2. The van der Waals surface area contributed by atoms with Crippen LogP contribution in [0.25, 0.3) is 0 Å². The molecule has 2 heterocycles. The molecule has 1 amide bonds. The molecule has 0 aromatic carbocycles. The van der Waals surface area contributed by atoms with Crippen molar-refractivity contribution in [2.24, 2.45) is 0 Å². The number of aromatic nitrogens is 2. The minimum absolute atomic E-state index is 0.0314. The summed E-state index contributed by atoms with van der Waals surface area (Å²) in [5.41, 5.74) is -1.46. The van der Waals surface area contributed by atoms with Gasteiger partial charge in [0, 0.05) is 12.3 Å². The van der Waals surface area contributed by atoms with Gasteiger partial charge in [-0.1, -0.05) is 0 Å². The lowest BCUT2D eigenvalue weighted by molar-refractivity contribution is -0.160. The van der Waals surface area contributed by atoms with E-state index in [0.29, 0.717) is 13.1 Å². The zero-order valence-corrected chi connectivity index (χ0v) is 9.77. The number of hydrogen-bond acceptors (Lipinski definition) is 3. The number of carbonyl (C=O) groups excluding carboxylic acids is 1. The summed E-state index contributed by atoms with van der Waals surface area (Å²) in [6.07, 6.45) is 3.18. The van der Waals surface area contributed by atoms with Gasteiger partial charge in [0.05, 0.1) is 24.9 Å². The average molecular weight is 222 g/mol. The van der Waals surface area contributed by atoms with Crippen LogP contribution in [-0.4, -0.2) is 44.4 Å². The molecule has 0 atom stereocenters. The Morgan fingerprint density at radius 1 is 1.56 bits per heavy atom. The summed E-state index contributed by atoms with van der Waals surface area (Å²) < 4.78 is 1.59. The number of likely N-dealkylation sites (tertiary alicyclic amines) is 1. The quantitative estimate of drug-likeness (QED) is 0.767. The van der Waals surface area contributed by atoms with Crippen molar-refractivity contribution in [2.75, 3.05) is 13.1 Å². The van der Waals surface area contributed by atoms with E-state index in [4.69, 9.17) is 0 Å². The summed E-state index contributed by atoms with van der Waals surface area (Å²) in [4.78, 5) is 13.8. The number of nitrogens with zero attached hydrogens (tertiary/aromatic N) is 3. The molecule has 0 unspecified atom stereocenters. The first-order chi connectivity index (χ1) is 7.33. The molecule has 0 spiro atoms. The van der Waals surface area contributed by atoms with E-state index < -0.39 is 11.1 Å². The molecule has 5 heteroatoms. The van der Waals surface area contributed by atoms with Gasteiger partial charge < -0.3 is 10.0 Å². The molecule has 1 aromatic heterocycles. The molecule has 1 saturated heterocycles. The maximum Gasteiger partial charge on any atom is 0.250 e. The number of rotatable bonds is 2. The maximum absolute atomic E-state index is 12.2. The van der Waals surface area contributed by atoms with E-state index in [1.807, 2.05) is 13.8 Å². The van der Waals surface area contributed by atoms with Gasteiger partial charge in [-0.3, -0.25) is 9.48 Å². The lowest BCUT2D eigenvalue weighted by atomic mass is 9.93. The van der Waals surface area contributed by atoms with Crippen LogP contribution in [0.2, 0.25) is 0 Å². The van der Waals surface area contributed by atoms with Crippen molar-refractivity contribution in [1.29, 1.82) is 0 Å². The van der Waals surface area contributed by atoms with Crippen LogP contribution in [0.15, 0.2) is 12.4 Å².